The maximum absolute atomic E-state index is 10.2. The fourth-order valence-corrected chi connectivity index (χ4v) is 0. The first-order valence-corrected chi connectivity index (χ1v) is 1.24. The van der Waals surface area contributed by atoms with Crippen molar-refractivity contribution < 1.29 is 18.6 Å². The van der Waals surface area contributed by atoms with Gasteiger partial charge in [-0.25, -0.2) is 0 Å². The highest BCUT2D eigenvalue weighted by molar-refractivity contribution is 7.81. The first kappa shape index (κ1) is 9.44. The molecule has 5 heteroatoms. The molecule has 0 bridgehead atoms. The van der Waals surface area contributed by atoms with Gasteiger partial charge in [0.15, 0.2) is 0 Å². The molecule has 0 rings (SSSR count). The Morgan fingerprint density at radius 3 is 1.17 bits per heavy atom. The molecule has 0 aromatic rings. The molecule has 0 heterocycles. The Hall–Kier alpha value is 0.1000. The van der Waals surface area contributed by atoms with Gasteiger partial charge in [0.05, 0.1) is 0 Å². The Morgan fingerprint density at radius 1 is 1.17 bits per heavy atom. The molecule has 0 amide bonds. The lowest BCUT2D eigenvalue weighted by molar-refractivity contribution is -0.0303. The van der Waals surface area contributed by atoms with E-state index in [4.69, 9.17) is 0 Å². The topological polar surface area (TPSA) is 31.5 Å². The van der Waals surface area contributed by atoms with Gasteiger partial charge in [-0.3, -0.25) is 0 Å². The molecular weight excluding hydrogens is 117 g/mol. The van der Waals surface area contributed by atoms with E-state index in [-0.39, 0.29) is 5.48 Å². The van der Waals surface area contributed by atoms with Gasteiger partial charge in [0.1, 0.15) is 0 Å². The number of alkyl halides is 3. The van der Waals surface area contributed by atoms with E-state index in [1.54, 1.807) is 0 Å². The minimum atomic E-state index is -4.31. The summed E-state index contributed by atoms with van der Waals surface area (Å²) in [5, 5.41) is 0. The minimum absolute atomic E-state index is 0. The van der Waals surface area contributed by atoms with Crippen LogP contribution in [0.25, 0.3) is 0 Å². The molecule has 0 atom stereocenters. The number of thiol groups is 1. The van der Waals surface area contributed by atoms with Crippen molar-refractivity contribution in [2.75, 3.05) is 0 Å². The van der Waals surface area contributed by atoms with E-state index in [0.29, 0.717) is 0 Å². The van der Waals surface area contributed by atoms with Crippen LogP contribution < -0.4 is 0 Å². The zero-order valence-corrected chi connectivity index (χ0v) is 3.48. The van der Waals surface area contributed by atoms with Gasteiger partial charge in [-0.1, -0.05) is 12.6 Å². The van der Waals surface area contributed by atoms with Crippen LogP contribution in [0.1, 0.15) is 0 Å². The lowest BCUT2D eigenvalue weighted by atomic mass is 11.6. The maximum atomic E-state index is 10.2. The predicted molar refractivity (Wildman–Crippen MR) is 18.7 cm³/mol. The van der Waals surface area contributed by atoms with Crippen LogP contribution in [0.4, 0.5) is 13.2 Å². The zero-order chi connectivity index (χ0) is 4.50. The Morgan fingerprint density at radius 2 is 1.17 bits per heavy atom. The molecule has 1 nitrogen and oxygen atoms in total. The lowest BCUT2D eigenvalue weighted by Crippen LogP contribution is -1.89. The average molecular weight is 120 g/mol. The zero-order valence-electron chi connectivity index (χ0n) is 2.58. The highest BCUT2D eigenvalue weighted by Crippen LogP contribution is 2.17. The molecule has 6 heavy (non-hydrogen) atoms. The van der Waals surface area contributed by atoms with Gasteiger partial charge in [0.2, 0.25) is 0 Å². The van der Waals surface area contributed by atoms with Crippen LogP contribution in [0.2, 0.25) is 0 Å². The second-order valence-electron chi connectivity index (χ2n) is 0.468. The summed E-state index contributed by atoms with van der Waals surface area (Å²) in [6.45, 7) is 0. The fraction of sp³-hybridized carbons (Fsp3) is 1.00. The smallest absolute Gasteiger partial charge is 0.412 e. The summed E-state index contributed by atoms with van der Waals surface area (Å²) in [7, 11) is 0. The van der Waals surface area contributed by atoms with Crippen LogP contribution in [0, 0.1) is 0 Å². The van der Waals surface area contributed by atoms with Crippen molar-refractivity contribution in [2.45, 2.75) is 5.51 Å². The van der Waals surface area contributed by atoms with Crippen molar-refractivity contribution in [1.29, 1.82) is 0 Å². The van der Waals surface area contributed by atoms with E-state index in [9.17, 15) is 13.2 Å². The van der Waals surface area contributed by atoms with E-state index in [1.165, 1.54) is 0 Å². The highest BCUT2D eigenvalue weighted by Gasteiger charge is 2.17. The predicted octanol–water partition coefficient (Wildman–Crippen LogP) is 0.611. The van der Waals surface area contributed by atoms with Crippen molar-refractivity contribution in [1.82, 2.24) is 0 Å². The van der Waals surface area contributed by atoms with Crippen molar-refractivity contribution in [3.05, 3.63) is 0 Å². The summed E-state index contributed by atoms with van der Waals surface area (Å²) >= 11 is 2.12. The van der Waals surface area contributed by atoms with E-state index >= 15 is 0 Å². The summed E-state index contributed by atoms with van der Waals surface area (Å²) in [5.74, 6) is 0. The van der Waals surface area contributed by atoms with Crippen LogP contribution in [0.5, 0.6) is 0 Å². The van der Waals surface area contributed by atoms with E-state index in [1.807, 2.05) is 0 Å². The standard InChI is InChI=1S/CHF3S.H2O/c2-1(3,4)5;/h5H;1H2. The summed E-state index contributed by atoms with van der Waals surface area (Å²) in [6.07, 6.45) is 0. The molecule has 0 aromatic carbocycles. The summed E-state index contributed by atoms with van der Waals surface area (Å²) in [4.78, 5) is 0. The van der Waals surface area contributed by atoms with Crippen molar-refractivity contribution in [3.63, 3.8) is 0 Å². The van der Waals surface area contributed by atoms with Crippen LogP contribution in [0.15, 0.2) is 0 Å². The van der Waals surface area contributed by atoms with Crippen LogP contribution >= 0.6 is 12.6 Å². The molecular formula is CH3F3OS. The Kier molecular flexibility index (Phi) is 3.62. The Labute approximate surface area is 37.9 Å². The molecule has 0 saturated heterocycles. The molecule has 0 unspecified atom stereocenters. The Balaban J connectivity index is 0. The molecule has 0 fully saturated rings. The van der Waals surface area contributed by atoms with Crippen molar-refractivity contribution in [3.8, 4) is 0 Å². The second kappa shape index (κ2) is 2.30. The SMILES string of the molecule is FC(F)(F)S.O. The summed E-state index contributed by atoms with van der Waals surface area (Å²) < 4.78 is 30.7. The lowest BCUT2D eigenvalue weighted by Gasteiger charge is -1.87. The molecule has 2 N–H and O–H groups in total. The summed E-state index contributed by atoms with van der Waals surface area (Å²) in [5.41, 5.74) is -4.31. The highest BCUT2D eigenvalue weighted by atomic mass is 32.1. The number of hydrogen-bond donors (Lipinski definition) is 1. The fourth-order valence-electron chi connectivity index (χ4n) is 0. The Bertz CT molecular complexity index is 26.3. The molecule has 0 saturated carbocycles. The van der Waals surface area contributed by atoms with Gasteiger partial charge in [0, 0.05) is 0 Å². The maximum Gasteiger partial charge on any atom is 0.438 e. The van der Waals surface area contributed by atoms with Crippen molar-refractivity contribution >= 4 is 12.6 Å². The van der Waals surface area contributed by atoms with Gasteiger partial charge in [-0.15, -0.1) is 0 Å². The monoisotopic (exact) mass is 120 g/mol. The number of hydrogen-bond acceptors (Lipinski definition) is 1. The van der Waals surface area contributed by atoms with Crippen LogP contribution in [-0.2, 0) is 0 Å². The molecule has 0 aliphatic carbocycles. The third-order valence-corrected chi connectivity index (χ3v) is 0. The molecule has 0 spiro atoms. The molecule has 0 radical (unpaired) electrons. The van der Waals surface area contributed by atoms with Crippen LogP contribution in [-0.4, -0.2) is 11.0 Å². The molecule has 0 aliphatic heterocycles. The number of rotatable bonds is 0. The molecule has 40 valence electrons. The minimum Gasteiger partial charge on any atom is -0.412 e. The second-order valence-corrected chi connectivity index (χ2v) is 0.975. The van der Waals surface area contributed by atoms with Gasteiger partial charge < -0.3 is 5.48 Å². The third-order valence-electron chi connectivity index (χ3n) is 0. The summed E-state index contributed by atoms with van der Waals surface area (Å²) in [6, 6.07) is 0. The largest absolute Gasteiger partial charge is 0.438 e. The average Bonchev–Trinajstić information content (AvgIpc) is 0.722. The van der Waals surface area contributed by atoms with E-state index in [0.717, 1.165) is 0 Å². The quantitative estimate of drug-likeness (QED) is 0.454. The number of halogens is 3. The molecule has 0 aliphatic rings. The van der Waals surface area contributed by atoms with Gasteiger partial charge in [-0.05, 0) is 0 Å². The van der Waals surface area contributed by atoms with Gasteiger partial charge in [-0.2, -0.15) is 13.2 Å². The first-order chi connectivity index (χ1) is 2.00. The van der Waals surface area contributed by atoms with Gasteiger partial charge in [0.25, 0.3) is 0 Å². The first-order valence-electron chi connectivity index (χ1n) is 0.791. The normalized spacial score (nSPS) is 10.0. The van der Waals surface area contributed by atoms with E-state index in [2.05, 4.69) is 12.6 Å². The van der Waals surface area contributed by atoms with Crippen LogP contribution in [0.3, 0.4) is 0 Å². The third kappa shape index (κ3) is 3940. The van der Waals surface area contributed by atoms with Gasteiger partial charge >= 0.3 is 5.51 Å². The van der Waals surface area contributed by atoms with E-state index < -0.39 is 5.51 Å². The van der Waals surface area contributed by atoms with Crippen molar-refractivity contribution in [2.24, 2.45) is 0 Å². The molecule has 0 aromatic heterocycles.